The number of carbonyl (C=O) groups excluding carboxylic acids is 1. The van der Waals surface area contributed by atoms with E-state index in [2.05, 4.69) is 29.5 Å². The summed E-state index contributed by atoms with van der Waals surface area (Å²) in [7, 11) is 0. The van der Waals surface area contributed by atoms with Crippen LogP contribution in [-0.4, -0.2) is 26.9 Å². The SMILES string of the molecule is CC(C)[C@@H](Cn1ccnn1)NC(=O)C(c1ccccc1)c1ccccc1. The van der Waals surface area contributed by atoms with E-state index in [1.807, 2.05) is 66.9 Å². The molecular weight excluding hydrogens is 324 g/mol. The van der Waals surface area contributed by atoms with Crippen LogP contribution >= 0.6 is 0 Å². The highest BCUT2D eigenvalue weighted by molar-refractivity contribution is 5.87. The number of nitrogens with zero attached hydrogens (tertiary/aromatic N) is 3. The zero-order valence-electron chi connectivity index (χ0n) is 15.1. The summed E-state index contributed by atoms with van der Waals surface area (Å²) in [5.74, 6) is -0.0639. The average Bonchev–Trinajstić information content (AvgIpc) is 3.16. The molecule has 3 rings (SSSR count). The highest BCUT2D eigenvalue weighted by atomic mass is 16.2. The van der Waals surface area contributed by atoms with E-state index in [4.69, 9.17) is 0 Å². The summed E-state index contributed by atoms with van der Waals surface area (Å²) in [5.41, 5.74) is 1.97. The number of rotatable bonds is 7. The fraction of sp³-hybridized carbons (Fsp3) is 0.286. The molecule has 1 aromatic heterocycles. The third kappa shape index (κ3) is 4.36. The minimum atomic E-state index is -0.339. The van der Waals surface area contributed by atoms with Gasteiger partial charge in [0.25, 0.3) is 0 Å². The standard InChI is InChI=1S/C21H24N4O/c1-16(2)19(15-25-14-13-22-24-25)23-21(26)20(17-9-5-3-6-10-17)18-11-7-4-8-12-18/h3-14,16,19-20H,15H2,1-2H3,(H,23,26)/t19-/m1/s1. The van der Waals surface area contributed by atoms with Crippen molar-refractivity contribution in [2.45, 2.75) is 32.4 Å². The molecule has 0 unspecified atom stereocenters. The van der Waals surface area contributed by atoms with Crippen molar-refractivity contribution < 1.29 is 4.79 Å². The first-order valence-electron chi connectivity index (χ1n) is 8.89. The van der Waals surface area contributed by atoms with Gasteiger partial charge in [0.15, 0.2) is 0 Å². The second kappa shape index (κ2) is 8.43. The van der Waals surface area contributed by atoms with Crippen LogP contribution in [0.5, 0.6) is 0 Å². The van der Waals surface area contributed by atoms with E-state index >= 15 is 0 Å². The lowest BCUT2D eigenvalue weighted by Crippen LogP contribution is -2.44. The zero-order chi connectivity index (χ0) is 18.4. The fourth-order valence-electron chi connectivity index (χ4n) is 3.01. The van der Waals surface area contributed by atoms with Crippen molar-refractivity contribution in [3.05, 3.63) is 84.2 Å². The van der Waals surface area contributed by atoms with E-state index in [1.54, 1.807) is 10.9 Å². The van der Waals surface area contributed by atoms with Crippen LogP contribution in [0.15, 0.2) is 73.1 Å². The van der Waals surface area contributed by atoms with Crippen molar-refractivity contribution in [2.75, 3.05) is 0 Å². The maximum atomic E-state index is 13.2. The number of hydrogen-bond donors (Lipinski definition) is 1. The average molecular weight is 348 g/mol. The molecule has 26 heavy (non-hydrogen) atoms. The van der Waals surface area contributed by atoms with Crippen molar-refractivity contribution in [2.24, 2.45) is 5.92 Å². The smallest absolute Gasteiger partial charge is 0.232 e. The summed E-state index contributed by atoms with van der Waals surface area (Å²) in [6, 6.07) is 19.8. The Kier molecular flexibility index (Phi) is 5.79. The third-order valence-electron chi connectivity index (χ3n) is 4.52. The van der Waals surface area contributed by atoms with E-state index in [1.165, 1.54) is 0 Å². The van der Waals surface area contributed by atoms with E-state index in [0.29, 0.717) is 6.54 Å². The van der Waals surface area contributed by atoms with Gasteiger partial charge in [0.2, 0.25) is 5.91 Å². The van der Waals surface area contributed by atoms with Crippen LogP contribution in [0.1, 0.15) is 30.9 Å². The van der Waals surface area contributed by atoms with Gasteiger partial charge in [-0.15, -0.1) is 5.10 Å². The molecular formula is C21H24N4O. The van der Waals surface area contributed by atoms with Crippen molar-refractivity contribution >= 4 is 5.91 Å². The number of aromatic nitrogens is 3. The maximum absolute atomic E-state index is 13.2. The van der Waals surface area contributed by atoms with Gasteiger partial charge in [-0.25, -0.2) is 0 Å². The lowest BCUT2D eigenvalue weighted by molar-refractivity contribution is -0.122. The predicted molar refractivity (Wildman–Crippen MR) is 102 cm³/mol. The summed E-state index contributed by atoms with van der Waals surface area (Å²) < 4.78 is 1.75. The van der Waals surface area contributed by atoms with Gasteiger partial charge < -0.3 is 5.32 Å². The van der Waals surface area contributed by atoms with Crippen LogP contribution < -0.4 is 5.32 Å². The van der Waals surface area contributed by atoms with Crippen molar-refractivity contribution in [1.29, 1.82) is 0 Å². The number of benzene rings is 2. The molecule has 5 nitrogen and oxygen atoms in total. The summed E-state index contributed by atoms with van der Waals surface area (Å²) >= 11 is 0. The molecule has 0 aliphatic heterocycles. The van der Waals surface area contributed by atoms with E-state index in [0.717, 1.165) is 11.1 Å². The van der Waals surface area contributed by atoms with Gasteiger partial charge in [0.1, 0.15) is 0 Å². The van der Waals surface area contributed by atoms with Crippen molar-refractivity contribution in [3.8, 4) is 0 Å². The maximum Gasteiger partial charge on any atom is 0.232 e. The normalized spacial score (nSPS) is 12.3. The number of hydrogen-bond acceptors (Lipinski definition) is 3. The number of amides is 1. The molecule has 1 N–H and O–H groups in total. The van der Waals surface area contributed by atoms with Gasteiger partial charge in [-0.3, -0.25) is 9.48 Å². The summed E-state index contributed by atoms with van der Waals surface area (Å²) in [6.07, 6.45) is 3.46. The Morgan fingerprint density at radius 1 is 1.00 bits per heavy atom. The highest BCUT2D eigenvalue weighted by Gasteiger charge is 2.26. The second-order valence-corrected chi connectivity index (χ2v) is 6.74. The molecule has 1 atom stereocenters. The first-order valence-corrected chi connectivity index (χ1v) is 8.89. The lowest BCUT2D eigenvalue weighted by Gasteiger charge is -2.26. The topological polar surface area (TPSA) is 59.8 Å². The van der Waals surface area contributed by atoms with Gasteiger partial charge in [0.05, 0.1) is 24.7 Å². The van der Waals surface area contributed by atoms with Gasteiger partial charge in [-0.1, -0.05) is 79.7 Å². The molecule has 0 aliphatic rings. The molecule has 1 heterocycles. The van der Waals surface area contributed by atoms with Crippen molar-refractivity contribution in [1.82, 2.24) is 20.3 Å². The van der Waals surface area contributed by atoms with E-state index < -0.39 is 0 Å². The molecule has 0 saturated heterocycles. The van der Waals surface area contributed by atoms with Gasteiger partial charge in [-0.2, -0.15) is 0 Å². The monoisotopic (exact) mass is 348 g/mol. The van der Waals surface area contributed by atoms with Gasteiger partial charge in [-0.05, 0) is 17.0 Å². The molecule has 0 aliphatic carbocycles. The first-order chi connectivity index (χ1) is 12.6. The van der Waals surface area contributed by atoms with Crippen LogP contribution in [0.4, 0.5) is 0 Å². The Labute approximate surface area is 154 Å². The minimum absolute atomic E-state index is 0.00113. The van der Waals surface area contributed by atoms with Gasteiger partial charge in [0, 0.05) is 6.20 Å². The second-order valence-electron chi connectivity index (χ2n) is 6.74. The predicted octanol–water partition coefficient (Wildman–Crippen LogP) is 3.25. The molecule has 134 valence electrons. The first kappa shape index (κ1) is 17.9. The van der Waals surface area contributed by atoms with Crippen LogP contribution in [0.3, 0.4) is 0 Å². The fourth-order valence-corrected chi connectivity index (χ4v) is 3.01. The Morgan fingerprint density at radius 3 is 2.04 bits per heavy atom. The summed E-state index contributed by atoms with van der Waals surface area (Å²) in [5, 5.41) is 11.1. The van der Waals surface area contributed by atoms with Gasteiger partial charge >= 0.3 is 0 Å². The molecule has 1 amide bonds. The molecule has 0 spiro atoms. The number of nitrogens with one attached hydrogen (secondary N) is 1. The lowest BCUT2D eigenvalue weighted by atomic mass is 9.90. The van der Waals surface area contributed by atoms with E-state index in [9.17, 15) is 4.79 Å². The van der Waals surface area contributed by atoms with Crippen LogP contribution in [0.25, 0.3) is 0 Å². The Balaban J connectivity index is 1.85. The molecule has 0 bridgehead atoms. The largest absolute Gasteiger partial charge is 0.350 e. The third-order valence-corrected chi connectivity index (χ3v) is 4.52. The van der Waals surface area contributed by atoms with Crippen LogP contribution in [0, 0.1) is 5.92 Å². The molecule has 0 fully saturated rings. The summed E-state index contributed by atoms with van der Waals surface area (Å²) in [4.78, 5) is 13.2. The van der Waals surface area contributed by atoms with Crippen LogP contribution in [-0.2, 0) is 11.3 Å². The Bertz CT molecular complexity index is 761. The Hall–Kier alpha value is -2.95. The van der Waals surface area contributed by atoms with E-state index in [-0.39, 0.29) is 23.8 Å². The molecule has 3 aromatic rings. The molecule has 5 heteroatoms. The molecule has 0 saturated carbocycles. The molecule has 0 radical (unpaired) electrons. The quantitative estimate of drug-likeness (QED) is 0.713. The highest BCUT2D eigenvalue weighted by Crippen LogP contribution is 2.25. The Morgan fingerprint density at radius 2 is 1.58 bits per heavy atom. The molecule has 2 aromatic carbocycles. The van der Waals surface area contributed by atoms with Crippen molar-refractivity contribution in [3.63, 3.8) is 0 Å². The minimum Gasteiger partial charge on any atom is -0.350 e. The summed E-state index contributed by atoms with van der Waals surface area (Å²) in [6.45, 7) is 4.80. The number of carbonyl (C=O) groups is 1. The van der Waals surface area contributed by atoms with Crippen LogP contribution in [0.2, 0.25) is 0 Å². The zero-order valence-corrected chi connectivity index (χ0v) is 15.1.